The van der Waals surface area contributed by atoms with E-state index in [2.05, 4.69) is 10.2 Å². The molecule has 28 heavy (non-hydrogen) atoms. The highest BCUT2D eigenvalue weighted by molar-refractivity contribution is 5.94. The van der Waals surface area contributed by atoms with E-state index in [1.54, 1.807) is 35.2 Å². The van der Waals surface area contributed by atoms with Crippen LogP contribution in [0.25, 0.3) is 17.2 Å². The van der Waals surface area contributed by atoms with Crippen molar-refractivity contribution < 1.29 is 14.3 Å². The number of hydrogen-bond donors (Lipinski definition) is 0. The molecule has 1 unspecified atom stereocenters. The van der Waals surface area contributed by atoms with Crippen molar-refractivity contribution in [1.29, 1.82) is 0 Å². The third-order valence-electron chi connectivity index (χ3n) is 5.57. The first kappa shape index (κ1) is 16.8. The average Bonchev–Trinajstić information content (AvgIpc) is 3.43. The third-order valence-corrected chi connectivity index (χ3v) is 5.57. The van der Waals surface area contributed by atoms with Crippen LogP contribution in [0, 0.1) is 0 Å². The molecule has 9 heteroatoms. The molecule has 0 saturated carbocycles. The van der Waals surface area contributed by atoms with Crippen LogP contribution in [-0.2, 0) is 11.8 Å². The number of aryl methyl sites for hydroxylation is 1. The van der Waals surface area contributed by atoms with Crippen LogP contribution in [0.2, 0.25) is 0 Å². The number of likely N-dealkylation sites (tertiary alicyclic amines) is 1. The zero-order valence-corrected chi connectivity index (χ0v) is 15.7. The van der Waals surface area contributed by atoms with Crippen molar-refractivity contribution in [2.75, 3.05) is 26.7 Å². The monoisotopic (exact) mass is 380 g/mol. The van der Waals surface area contributed by atoms with Gasteiger partial charge in [0.25, 0.3) is 5.91 Å². The highest BCUT2D eigenvalue weighted by Gasteiger charge is 2.49. The number of nitrogens with zero attached hydrogens (tertiary/aromatic N) is 6. The summed E-state index contributed by atoms with van der Waals surface area (Å²) >= 11 is 0. The van der Waals surface area contributed by atoms with E-state index >= 15 is 0 Å². The lowest BCUT2D eigenvalue weighted by molar-refractivity contribution is 0.0553. The molecule has 2 fully saturated rings. The van der Waals surface area contributed by atoms with Gasteiger partial charge in [0.1, 0.15) is 0 Å². The van der Waals surface area contributed by atoms with Crippen LogP contribution in [0.4, 0.5) is 4.79 Å². The second-order valence-corrected chi connectivity index (χ2v) is 7.56. The quantitative estimate of drug-likeness (QED) is 0.671. The minimum absolute atomic E-state index is 0.0871. The first-order valence-electron chi connectivity index (χ1n) is 9.16. The van der Waals surface area contributed by atoms with Crippen molar-refractivity contribution in [3.8, 4) is 11.5 Å². The molecule has 5 heterocycles. The summed E-state index contributed by atoms with van der Waals surface area (Å²) in [6.45, 7) is 1.48. The van der Waals surface area contributed by atoms with E-state index in [0.717, 1.165) is 5.69 Å². The Bertz CT molecular complexity index is 1100. The van der Waals surface area contributed by atoms with E-state index in [4.69, 9.17) is 4.74 Å². The van der Waals surface area contributed by atoms with Gasteiger partial charge in [-0.25, -0.2) is 4.79 Å². The molecular formula is C19H20N6O3. The van der Waals surface area contributed by atoms with Crippen molar-refractivity contribution in [1.82, 2.24) is 29.0 Å². The van der Waals surface area contributed by atoms with E-state index in [9.17, 15) is 9.59 Å². The van der Waals surface area contributed by atoms with Crippen molar-refractivity contribution >= 4 is 17.6 Å². The van der Waals surface area contributed by atoms with Crippen LogP contribution in [0.15, 0.2) is 36.7 Å². The van der Waals surface area contributed by atoms with E-state index < -0.39 is 5.60 Å². The largest absolute Gasteiger partial charge is 0.439 e. The highest BCUT2D eigenvalue weighted by Crippen LogP contribution is 2.32. The molecule has 0 aliphatic carbocycles. The lowest BCUT2D eigenvalue weighted by Gasteiger charge is -2.21. The van der Waals surface area contributed by atoms with Gasteiger partial charge in [-0.1, -0.05) is 0 Å². The van der Waals surface area contributed by atoms with Crippen LogP contribution >= 0.6 is 0 Å². The normalized spacial score (nSPS) is 21.9. The number of rotatable bonds is 2. The molecule has 1 spiro atoms. The maximum Gasteiger partial charge on any atom is 0.410 e. The number of aromatic nitrogens is 4. The van der Waals surface area contributed by atoms with Crippen molar-refractivity contribution in [3.63, 3.8) is 0 Å². The first-order valence-corrected chi connectivity index (χ1v) is 9.16. The molecule has 2 aliphatic rings. The minimum atomic E-state index is -0.587. The zero-order valence-electron chi connectivity index (χ0n) is 15.7. The Hall–Kier alpha value is -3.36. The summed E-state index contributed by atoms with van der Waals surface area (Å²) < 4.78 is 9.33. The van der Waals surface area contributed by atoms with Gasteiger partial charge in [-0.15, -0.1) is 10.2 Å². The Morgan fingerprint density at radius 3 is 2.75 bits per heavy atom. The predicted molar refractivity (Wildman–Crippen MR) is 99.8 cm³/mol. The van der Waals surface area contributed by atoms with Gasteiger partial charge < -0.3 is 19.1 Å². The van der Waals surface area contributed by atoms with E-state index in [1.807, 2.05) is 34.3 Å². The van der Waals surface area contributed by atoms with Gasteiger partial charge in [-0.2, -0.15) is 0 Å². The summed E-state index contributed by atoms with van der Waals surface area (Å²) in [5.41, 5.74) is 1.56. The van der Waals surface area contributed by atoms with Crippen LogP contribution in [0.1, 0.15) is 16.8 Å². The molecule has 2 amide bonds. The Balaban J connectivity index is 1.44. The molecular weight excluding hydrogens is 360 g/mol. The number of fused-ring (bicyclic) bond motifs is 1. The number of carbonyl (C=O) groups excluding carboxylic acids is 2. The van der Waals surface area contributed by atoms with Crippen LogP contribution in [0.3, 0.4) is 0 Å². The molecule has 0 bridgehead atoms. The molecule has 0 N–H and O–H groups in total. The molecule has 3 aromatic heterocycles. The average molecular weight is 380 g/mol. The second kappa shape index (κ2) is 5.82. The highest BCUT2D eigenvalue weighted by atomic mass is 16.6. The number of likely N-dealkylation sites (N-methyl/N-ethyl adjacent to an activating group) is 1. The lowest BCUT2D eigenvalue weighted by atomic mass is 10.0. The molecule has 2 saturated heterocycles. The number of ether oxygens (including phenoxy) is 1. The summed E-state index contributed by atoms with van der Waals surface area (Å²) in [6, 6.07) is 7.45. The fourth-order valence-electron chi connectivity index (χ4n) is 4.09. The van der Waals surface area contributed by atoms with Crippen molar-refractivity contribution in [2.24, 2.45) is 7.05 Å². The number of pyridine rings is 1. The Morgan fingerprint density at radius 2 is 2.04 bits per heavy atom. The van der Waals surface area contributed by atoms with Gasteiger partial charge in [-0.3, -0.25) is 9.20 Å². The third kappa shape index (κ3) is 2.46. The summed E-state index contributed by atoms with van der Waals surface area (Å²) in [7, 11) is 3.65. The molecule has 0 aromatic carbocycles. The molecule has 5 rings (SSSR count). The maximum absolute atomic E-state index is 13.1. The fourth-order valence-corrected chi connectivity index (χ4v) is 4.09. The topological polar surface area (TPSA) is 85.0 Å². The molecule has 9 nitrogen and oxygen atoms in total. The van der Waals surface area contributed by atoms with Crippen LogP contribution in [0.5, 0.6) is 0 Å². The smallest absolute Gasteiger partial charge is 0.410 e. The Morgan fingerprint density at radius 1 is 1.18 bits per heavy atom. The van der Waals surface area contributed by atoms with Gasteiger partial charge >= 0.3 is 6.09 Å². The molecule has 144 valence electrons. The van der Waals surface area contributed by atoms with E-state index in [0.29, 0.717) is 43.1 Å². The standard InChI is InChI=1S/C19H20N6O3/c1-22-8-3-4-14(22)16-21-20-15-6-5-13(10-25(15)16)17(26)24-9-7-19(12-24)11-23(2)18(27)28-19/h3-6,8,10H,7,9,11-12H2,1-2H3. The van der Waals surface area contributed by atoms with Crippen molar-refractivity contribution in [2.45, 2.75) is 12.0 Å². The summed E-state index contributed by atoms with van der Waals surface area (Å²) in [5, 5.41) is 8.48. The van der Waals surface area contributed by atoms with Gasteiger partial charge in [0, 0.05) is 39.5 Å². The lowest BCUT2D eigenvalue weighted by Crippen LogP contribution is -2.39. The van der Waals surface area contributed by atoms with Crippen molar-refractivity contribution in [3.05, 3.63) is 42.2 Å². The fraction of sp³-hybridized carbons (Fsp3) is 0.368. The summed E-state index contributed by atoms with van der Waals surface area (Å²) in [5.74, 6) is 0.595. The van der Waals surface area contributed by atoms with Gasteiger partial charge in [0.2, 0.25) is 0 Å². The predicted octanol–water partition coefficient (Wildman–Crippen LogP) is 1.40. The summed E-state index contributed by atoms with van der Waals surface area (Å²) in [4.78, 5) is 28.2. The second-order valence-electron chi connectivity index (χ2n) is 7.56. The first-order chi connectivity index (χ1) is 13.5. The Labute approximate surface area is 161 Å². The van der Waals surface area contributed by atoms with Crippen LogP contribution in [-0.4, -0.2) is 73.2 Å². The Kier molecular flexibility index (Phi) is 3.49. The van der Waals surface area contributed by atoms with E-state index in [-0.39, 0.29) is 12.0 Å². The SMILES string of the molecule is CN1CC2(CCN(C(=O)c3ccc4nnc(-c5cccn5C)n4c3)C2)OC1=O. The number of hydrogen-bond acceptors (Lipinski definition) is 5. The van der Waals surface area contributed by atoms with Gasteiger partial charge in [-0.05, 0) is 24.3 Å². The molecule has 1 atom stereocenters. The number of carbonyl (C=O) groups is 2. The van der Waals surface area contributed by atoms with Gasteiger partial charge in [0.05, 0.1) is 24.3 Å². The zero-order chi connectivity index (χ0) is 19.5. The van der Waals surface area contributed by atoms with Gasteiger partial charge in [0.15, 0.2) is 17.1 Å². The maximum atomic E-state index is 13.1. The van der Waals surface area contributed by atoms with Crippen LogP contribution < -0.4 is 0 Å². The molecule has 2 aliphatic heterocycles. The minimum Gasteiger partial charge on any atom is -0.439 e. The molecule has 0 radical (unpaired) electrons. The van der Waals surface area contributed by atoms with E-state index in [1.165, 1.54) is 0 Å². The summed E-state index contributed by atoms with van der Waals surface area (Å²) in [6.07, 6.45) is 4.04. The molecule has 3 aromatic rings. The number of amides is 2.